The highest BCUT2D eigenvalue weighted by Gasteiger charge is 2.19. The molecule has 0 aromatic heterocycles. The molecule has 2 aromatic rings. The van der Waals surface area contributed by atoms with Crippen LogP contribution in [0, 0.1) is 18.6 Å². The molecule has 1 atom stereocenters. The minimum atomic E-state index is -1.37. The van der Waals surface area contributed by atoms with Gasteiger partial charge >= 0.3 is 0 Å². The molecule has 1 N–H and O–H groups in total. The number of rotatable bonds is 2. The van der Waals surface area contributed by atoms with Crippen LogP contribution in [0.25, 0.3) is 0 Å². The normalized spacial score (nSPS) is 12.5. The van der Waals surface area contributed by atoms with Gasteiger partial charge in [0.2, 0.25) is 0 Å². The monoisotopic (exact) mass is 302 g/mol. The third-order valence-electron chi connectivity index (χ3n) is 2.83. The highest BCUT2D eigenvalue weighted by Crippen LogP contribution is 2.32. The van der Waals surface area contributed by atoms with E-state index in [1.54, 1.807) is 6.07 Å². The van der Waals surface area contributed by atoms with Gasteiger partial charge in [-0.1, -0.05) is 23.2 Å². The van der Waals surface area contributed by atoms with Crippen molar-refractivity contribution in [1.82, 2.24) is 0 Å². The molecule has 0 aliphatic heterocycles. The van der Waals surface area contributed by atoms with Crippen molar-refractivity contribution in [2.45, 2.75) is 13.0 Å². The second-order valence-electron chi connectivity index (χ2n) is 4.19. The Hall–Kier alpha value is -1.16. The van der Waals surface area contributed by atoms with E-state index >= 15 is 0 Å². The molecule has 2 aromatic carbocycles. The summed E-state index contributed by atoms with van der Waals surface area (Å²) in [4.78, 5) is 0. The van der Waals surface area contributed by atoms with Crippen molar-refractivity contribution in [3.8, 4) is 0 Å². The van der Waals surface area contributed by atoms with Gasteiger partial charge in [0.25, 0.3) is 0 Å². The molecule has 0 aliphatic carbocycles. The SMILES string of the molecule is Cc1cc(F)c(C(O)c2cc(Cl)ccc2Cl)cc1F. The van der Waals surface area contributed by atoms with E-state index in [0.29, 0.717) is 5.02 Å². The lowest BCUT2D eigenvalue weighted by Gasteiger charge is -2.15. The zero-order valence-electron chi connectivity index (χ0n) is 9.92. The Morgan fingerprint density at radius 2 is 1.68 bits per heavy atom. The highest BCUT2D eigenvalue weighted by molar-refractivity contribution is 6.33. The fourth-order valence-electron chi connectivity index (χ4n) is 1.76. The fraction of sp³-hybridized carbons (Fsp3) is 0.143. The Kier molecular flexibility index (Phi) is 4.09. The van der Waals surface area contributed by atoms with E-state index in [2.05, 4.69) is 0 Å². The smallest absolute Gasteiger partial charge is 0.129 e. The molecule has 5 heteroatoms. The Morgan fingerprint density at radius 3 is 2.37 bits per heavy atom. The van der Waals surface area contributed by atoms with Crippen molar-refractivity contribution >= 4 is 23.2 Å². The summed E-state index contributed by atoms with van der Waals surface area (Å²) in [6.45, 7) is 1.45. The van der Waals surface area contributed by atoms with Gasteiger partial charge in [-0.25, -0.2) is 8.78 Å². The van der Waals surface area contributed by atoms with Gasteiger partial charge in [-0.05, 0) is 42.8 Å². The fourth-order valence-corrected chi connectivity index (χ4v) is 2.16. The van der Waals surface area contributed by atoms with Crippen molar-refractivity contribution in [3.63, 3.8) is 0 Å². The van der Waals surface area contributed by atoms with Crippen LogP contribution in [0.3, 0.4) is 0 Å². The van der Waals surface area contributed by atoms with E-state index in [0.717, 1.165) is 12.1 Å². The predicted octanol–water partition coefficient (Wildman–Crippen LogP) is 4.66. The van der Waals surface area contributed by atoms with E-state index in [4.69, 9.17) is 23.2 Å². The number of aryl methyl sites for hydroxylation is 1. The third kappa shape index (κ3) is 2.89. The molecule has 0 heterocycles. The number of aliphatic hydroxyl groups excluding tert-OH is 1. The molecule has 1 nitrogen and oxygen atoms in total. The molecule has 19 heavy (non-hydrogen) atoms. The molecular formula is C14H10Cl2F2O. The number of halogens is 4. The van der Waals surface area contributed by atoms with Crippen LogP contribution in [0.1, 0.15) is 22.8 Å². The molecule has 0 aliphatic rings. The lowest BCUT2D eigenvalue weighted by molar-refractivity contribution is 0.214. The highest BCUT2D eigenvalue weighted by atomic mass is 35.5. The maximum Gasteiger partial charge on any atom is 0.129 e. The second-order valence-corrected chi connectivity index (χ2v) is 5.03. The molecule has 0 saturated carbocycles. The molecule has 0 bridgehead atoms. The summed E-state index contributed by atoms with van der Waals surface area (Å²) in [6.07, 6.45) is -1.37. The Balaban J connectivity index is 2.52. The molecule has 0 spiro atoms. The van der Waals surface area contributed by atoms with E-state index in [1.807, 2.05) is 0 Å². The zero-order valence-corrected chi connectivity index (χ0v) is 11.4. The number of aliphatic hydroxyl groups is 1. The molecule has 0 radical (unpaired) electrons. The average molecular weight is 303 g/mol. The minimum Gasteiger partial charge on any atom is -0.383 e. The molecule has 0 saturated heterocycles. The van der Waals surface area contributed by atoms with Gasteiger partial charge in [-0.3, -0.25) is 0 Å². The molecular weight excluding hydrogens is 293 g/mol. The topological polar surface area (TPSA) is 20.2 Å². The van der Waals surface area contributed by atoms with Crippen molar-refractivity contribution in [3.05, 3.63) is 68.7 Å². The average Bonchev–Trinajstić information content (AvgIpc) is 2.36. The second kappa shape index (κ2) is 5.45. The standard InChI is InChI=1S/C14H10Cl2F2O/c1-7-4-13(18)10(6-12(7)17)14(19)9-5-8(15)2-3-11(9)16/h2-6,14,19H,1H3. The largest absolute Gasteiger partial charge is 0.383 e. The first kappa shape index (κ1) is 14.3. The van der Waals surface area contributed by atoms with Crippen molar-refractivity contribution in [2.24, 2.45) is 0 Å². The maximum absolute atomic E-state index is 13.8. The van der Waals surface area contributed by atoms with Crippen LogP contribution >= 0.6 is 23.2 Å². The van der Waals surface area contributed by atoms with Gasteiger partial charge in [0, 0.05) is 21.2 Å². The Morgan fingerprint density at radius 1 is 1.00 bits per heavy atom. The summed E-state index contributed by atoms with van der Waals surface area (Å²) in [7, 11) is 0. The van der Waals surface area contributed by atoms with Crippen LogP contribution in [-0.2, 0) is 0 Å². The maximum atomic E-state index is 13.8. The van der Waals surface area contributed by atoms with E-state index in [1.165, 1.54) is 19.1 Å². The van der Waals surface area contributed by atoms with Crippen LogP contribution < -0.4 is 0 Å². The van der Waals surface area contributed by atoms with Crippen LogP contribution in [0.15, 0.2) is 30.3 Å². The molecule has 0 amide bonds. The van der Waals surface area contributed by atoms with Crippen molar-refractivity contribution < 1.29 is 13.9 Å². The quantitative estimate of drug-likeness (QED) is 0.855. The van der Waals surface area contributed by atoms with Gasteiger partial charge in [0.15, 0.2) is 0 Å². The van der Waals surface area contributed by atoms with E-state index in [9.17, 15) is 13.9 Å². The predicted molar refractivity (Wildman–Crippen MR) is 71.6 cm³/mol. The number of benzene rings is 2. The third-order valence-corrected chi connectivity index (χ3v) is 3.40. The summed E-state index contributed by atoms with van der Waals surface area (Å²) < 4.78 is 27.3. The van der Waals surface area contributed by atoms with E-state index in [-0.39, 0.29) is 21.7 Å². The van der Waals surface area contributed by atoms with Gasteiger partial charge < -0.3 is 5.11 Å². The first-order valence-electron chi connectivity index (χ1n) is 5.48. The lowest BCUT2D eigenvalue weighted by atomic mass is 9.99. The molecule has 100 valence electrons. The summed E-state index contributed by atoms with van der Waals surface area (Å²) >= 11 is 11.7. The van der Waals surface area contributed by atoms with Crippen LogP contribution in [-0.4, -0.2) is 5.11 Å². The van der Waals surface area contributed by atoms with Crippen molar-refractivity contribution in [2.75, 3.05) is 0 Å². The Bertz CT molecular complexity index is 629. The van der Waals surface area contributed by atoms with Crippen LogP contribution in [0.2, 0.25) is 10.0 Å². The number of hydrogen-bond donors (Lipinski definition) is 1. The van der Waals surface area contributed by atoms with Gasteiger partial charge in [-0.2, -0.15) is 0 Å². The van der Waals surface area contributed by atoms with Crippen LogP contribution in [0.5, 0.6) is 0 Å². The zero-order chi connectivity index (χ0) is 14.2. The first-order chi connectivity index (χ1) is 8.90. The first-order valence-corrected chi connectivity index (χ1v) is 6.24. The number of hydrogen-bond acceptors (Lipinski definition) is 1. The summed E-state index contributed by atoms with van der Waals surface area (Å²) in [5.41, 5.74) is 0.231. The van der Waals surface area contributed by atoms with Gasteiger partial charge in [-0.15, -0.1) is 0 Å². The molecule has 2 rings (SSSR count). The summed E-state index contributed by atoms with van der Waals surface area (Å²) in [5, 5.41) is 10.7. The van der Waals surface area contributed by atoms with E-state index < -0.39 is 17.7 Å². The Labute approximate surface area is 119 Å². The summed E-state index contributed by atoms with van der Waals surface area (Å²) in [5.74, 6) is -1.28. The van der Waals surface area contributed by atoms with Gasteiger partial charge in [0.05, 0.1) is 0 Å². The summed E-state index contributed by atoms with van der Waals surface area (Å²) in [6, 6.07) is 6.46. The lowest BCUT2D eigenvalue weighted by Crippen LogP contribution is -2.05. The van der Waals surface area contributed by atoms with Crippen molar-refractivity contribution in [1.29, 1.82) is 0 Å². The van der Waals surface area contributed by atoms with Crippen LogP contribution in [0.4, 0.5) is 8.78 Å². The minimum absolute atomic E-state index is 0.172. The molecule has 0 fully saturated rings. The molecule has 1 unspecified atom stereocenters. The van der Waals surface area contributed by atoms with Gasteiger partial charge in [0.1, 0.15) is 17.7 Å².